The molecule has 3 aromatic rings. The second kappa shape index (κ2) is 4.63. The fourth-order valence-corrected chi connectivity index (χ4v) is 2.74. The third-order valence-corrected chi connectivity index (χ3v) is 3.87. The van der Waals surface area contributed by atoms with Crippen LogP contribution in [-0.4, -0.2) is 6.79 Å². The van der Waals surface area contributed by atoms with Crippen molar-refractivity contribution in [2.24, 2.45) is 0 Å². The van der Waals surface area contributed by atoms with Crippen molar-refractivity contribution in [3.8, 4) is 22.6 Å². The lowest BCUT2D eigenvalue weighted by atomic mass is 10.1. The van der Waals surface area contributed by atoms with Crippen LogP contribution in [0.1, 0.15) is 0 Å². The van der Waals surface area contributed by atoms with E-state index in [1.807, 2.05) is 24.3 Å². The zero-order valence-corrected chi connectivity index (χ0v) is 12.3. The number of halogens is 1. The summed E-state index contributed by atoms with van der Waals surface area (Å²) < 4.78 is 16.9. The van der Waals surface area contributed by atoms with Crippen molar-refractivity contribution in [1.82, 2.24) is 0 Å². The SMILES string of the molecule is O=c1oc2ccc(Br)cc2cc1-c1ccc2c(c1)OCO2. The molecule has 104 valence electrons. The van der Waals surface area contributed by atoms with Crippen LogP contribution in [0.4, 0.5) is 0 Å². The van der Waals surface area contributed by atoms with E-state index in [0.717, 1.165) is 15.4 Å². The highest BCUT2D eigenvalue weighted by atomic mass is 79.9. The standard InChI is InChI=1S/C16H9BrO4/c17-11-2-4-13-10(5-11)6-12(16(18)21-13)9-1-3-14-15(7-9)20-8-19-14/h1-7H,8H2. The Hall–Kier alpha value is -2.27. The zero-order valence-electron chi connectivity index (χ0n) is 10.8. The molecule has 4 rings (SSSR count). The maximum absolute atomic E-state index is 12.2. The number of hydrogen-bond donors (Lipinski definition) is 0. The fourth-order valence-electron chi connectivity index (χ4n) is 2.36. The van der Waals surface area contributed by atoms with Crippen LogP contribution in [-0.2, 0) is 0 Å². The molecule has 0 bridgehead atoms. The Morgan fingerprint density at radius 3 is 2.71 bits per heavy atom. The number of rotatable bonds is 1. The lowest BCUT2D eigenvalue weighted by molar-refractivity contribution is 0.174. The third-order valence-electron chi connectivity index (χ3n) is 3.38. The first kappa shape index (κ1) is 12.5. The van der Waals surface area contributed by atoms with Crippen LogP contribution < -0.4 is 15.1 Å². The molecule has 0 unspecified atom stereocenters. The molecule has 1 aliphatic rings. The second-order valence-corrected chi connectivity index (χ2v) is 5.61. The Morgan fingerprint density at radius 1 is 0.952 bits per heavy atom. The van der Waals surface area contributed by atoms with Crippen molar-refractivity contribution in [3.05, 3.63) is 57.4 Å². The Bertz CT molecular complexity index is 914. The van der Waals surface area contributed by atoms with Gasteiger partial charge in [0.25, 0.3) is 0 Å². The number of benzene rings is 2. The van der Waals surface area contributed by atoms with Gasteiger partial charge in [0.1, 0.15) is 5.58 Å². The van der Waals surface area contributed by atoms with E-state index < -0.39 is 0 Å². The number of ether oxygens (including phenoxy) is 2. The summed E-state index contributed by atoms with van der Waals surface area (Å²) in [6, 6.07) is 12.7. The van der Waals surface area contributed by atoms with Crippen molar-refractivity contribution < 1.29 is 13.9 Å². The monoisotopic (exact) mass is 344 g/mol. The summed E-state index contributed by atoms with van der Waals surface area (Å²) in [5.74, 6) is 1.33. The molecule has 0 spiro atoms. The maximum atomic E-state index is 12.2. The van der Waals surface area contributed by atoms with Crippen molar-refractivity contribution in [1.29, 1.82) is 0 Å². The Labute approximate surface area is 128 Å². The molecular formula is C16H9BrO4. The topological polar surface area (TPSA) is 48.7 Å². The molecule has 21 heavy (non-hydrogen) atoms. The van der Waals surface area contributed by atoms with Gasteiger partial charge in [-0.25, -0.2) is 4.79 Å². The van der Waals surface area contributed by atoms with Gasteiger partial charge in [0.05, 0.1) is 5.56 Å². The van der Waals surface area contributed by atoms with E-state index in [0.29, 0.717) is 22.6 Å². The summed E-state index contributed by atoms with van der Waals surface area (Å²) in [5.41, 5.74) is 1.44. The first-order valence-corrected chi connectivity index (χ1v) is 7.13. The molecule has 0 saturated carbocycles. The summed E-state index contributed by atoms with van der Waals surface area (Å²) in [4.78, 5) is 12.2. The van der Waals surface area contributed by atoms with E-state index in [2.05, 4.69) is 15.9 Å². The van der Waals surface area contributed by atoms with Crippen molar-refractivity contribution in [3.63, 3.8) is 0 Å². The van der Waals surface area contributed by atoms with Crippen LogP contribution in [0.25, 0.3) is 22.1 Å². The van der Waals surface area contributed by atoms with Gasteiger partial charge < -0.3 is 13.9 Å². The van der Waals surface area contributed by atoms with Crippen LogP contribution >= 0.6 is 15.9 Å². The van der Waals surface area contributed by atoms with Gasteiger partial charge in [-0.15, -0.1) is 0 Å². The van der Waals surface area contributed by atoms with E-state index in [9.17, 15) is 4.79 Å². The molecule has 0 saturated heterocycles. The highest BCUT2D eigenvalue weighted by Crippen LogP contribution is 2.35. The Morgan fingerprint density at radius 2 is 1.81 bits per heavy atom. The predicted molar refractivity (Wildman–Crippen MR) is 81.7 cm³/mol. The molecule has 2 heterocycles. The molecule has 1 aromatic heterocycles. The smallest absolute Gasteiger partial charge is 0.344 e. The molecule has 1 aliphatic heterocycles. The molecular weight excluding hydrogens is 336 g/mol. The lowest BCUT2D eigenvalue weighted by Crippen LogP contribution is -2.02. The molecule has 0 fully saturated rings. The van der Waals surface area contributed by atoms with Gasteiger partial charge >= 0.3 is 5.63 Å². The van der Waals surface area contributed by atoms with E-state index >= 15 is 0 Å². The van der Waals surface area contributed by atoms with Crippen LogP contribution in [0.2, 0.25) is 0 Å². The van der Waals surface area contributed by atoms with E-state index in [1.165, 1.54) is 0 Å². The van der Waals surface area contributed by atoms with Crippen molar-refractivity contribution in [2.75, 3.05) is 6.79 Å². The summed E-state index contributed by atoms with van der Waals surface area (Å²) in [5, 5.41) is 0.858. The fraction of sp³-hybridized carbons (Fsp3) is 0.0625. The maximum Gasteiger partial charge on any atom is 0.344 e. The quantitative estimate of drug-likeness (QED) is 0.627. The predicted octanol–water partition coefficient (Wildman–Crippen LogP) is 3.95. The second-order valence-electron chi connectivity index (χ2n) is 4.70. The van der Waals surface area contributed by atoms with Gasteiger partial charge in [0.2, 0.25) is 6.79 Å². The van der Waals surface area contributed by atoms with Crippen LogP contribution in [0.5, 0.6) is 11.5 Å². The van der Waals surface area contributed by atoms with Crippen LogP contribution in [0.15, 0.2) is 56.1 Å². The first-order valence-electron chi connectivity index (χ1n) is 6.34. The minimum absolute atomic E-state index is 0.206. The summed E-state index contributed by atoms with van der Waals surface area (Å²) >= 11 is 3.42. The molecule has 0 radical (unpaired) electrons. The van der Waals surface area contributed by atoms with Gasteiger partial charge in [-0.2, -0.15) is 0 Å². The largest absolute Gasteiger partial charge is 0.454 e. The highest BCUT2D eigenvalue weighted by Gasteiger charge is 2.16. The average molecular weight is 345 g/mol. The average Bonchev–Trinajstić information content (AvgIpc) is 2.94. The third kappa shape index (κ3) is 2.10. The minimum Gasteiger partial charge on any atom is -0.454 e. The molecule has 2 aromatic carbocycles. The normalized spacial score (nSPS) is 12.8. The Balaban J connectivity index is 1.93. The van der Waals surface area contributed by atoms with E-state index in [1.54, 1.807) is 18.2 Å². The summed E-state index contributed by atoms with van der Waals surface area (Å²) in [6.45, 7) is 0.206. The highest BCUT2D eigenvalue weighted by molar-refractivity contribution is 9.10. The molecule has 0 aliphatic carbocycles. The van der Waals surface area contributed by atoms with E-state index in [-0.39, 0.29) is 12.4 Å². The van der Waals surface area contributed by atoms with Gasteiger partial charge in [0, 0.05) is 9.86 Å². The number of hydrogen-bond acceptors (Lipinski definition) is 4. The summed E-state index contributed by atoms with van der Waals surface area (Å²) in [6.07, 6.45) is 0. The molecule has 5 heteroatoms. The summed E-state index contributed by atoms with van der Waals surface area (Å²) in [7, 11) is 0. The van der Waals surface area contributed by atoms with Gasteiger partial charge in [-0.05, 0) is 42.0 Å². The molecule has 4 nitrogen and oxygen atoms in total. The van der Waals surface area contributed by atoms with E-state index in [4.69, 9.17) is 13.9 Å². The van der Waals surface area contributed by atoms with Crippen molar-refractivity contribution in [2.45, 2.75) is 0 Å². The van der Waals surface area contributed by atoms with Crippen LogP contribution in [0.3, 0.4) is 0 Å². The van der Waals surface area contributed by atoms with Gasteiger partial charge in [0.15, 0.2) is 11.5 Å². The van der Waals surface area contributed by atoms with Crippen LogP contribution in [0, 0.1) is 0 Å². The zero-order chi connectivity index (χ0) is 14.4. The molecule has 0 atom stereocenters. The van der Waals surface area contributed by atoms with Gasteiger partial charge in [-0.1, -0.05) is 22.0 Å². The van der Waals surface area contributed by atoms with Gasteiger partial charge in [-0.3, -0.25) is 0 Å². The first-order chi connectivity index (χ1) is 10.2. The Kier molecular flexibility index (Phi) is 2.75. The molecule has 0 N–H and O–H groups in total. The number of fused-ring (bicyclic) bond motifs is 2. The minimum atomic E-state index is -0.372. The van der Waals surface area contributed by atoms with Crippen molar-refractivity contribution >= 4 is 26.9 Å². The lowest BCUT2D eigenvalue weighted by Gasteiger charge is -2.04. The molecule has 0 amide bonds.